The Morgan fingerprint density at radius 1 is 1.21 bits per heavy atom. The van der Waals surface area contributed by atoms with Gasteiger partial charge in [0.2, 0.25) is 5.91 Å². The Morgan fingerprint density at radius 3 is 2.32 bits per heavy atom. The average molecular weight is 306 g/mol. The number of hydrogen-bond donors (Lipinski definition) is 1. The molecule has 0 aliphatic carbocycles. The topological polar surface area (TPSA) is 47.6 Å². The molecule has 1 aromatic rings. The number of amides is 1. The van der Waals surface area contributed by atoms with Gasteiger partial charge in [0.15, 0.2) is 6.29 Å². The van der Waals surface area contributed by atoms with Crippen LogP contribution in [-0.2, 0) is 20.7 Å². The molecule has 0 fully saturated rings. The number of carbonyl (C=O) groups excluding carboxylic acids is 1. The van der Waals surface area contributed by atoms with E-state index in [-0.39, 0.29) is 5.91 Å². The summed E-state index contributed by atoms with van der Waals surface area (Å²) >= 11 is 11.8. The van der Waals surface area contributed by atoms with E-state index < -0.39 is 6.29 Å². The fourth-order valence-corrected chi connectivity index (χ4v) is 2.13. The Hall–Kier alpha value is -0.810. The van der Waals surface area contributed by atoms with Crippen LogP contribution in [0.15, 0.2) is 18.2 Å². The van der Waals surface area contributed by atoms with E-state index in [0.29, 0.717) is 29.4 Å². The largest absolute Gasteiger partial charge is 0.354 e. The van der Waals surface area contributed by atoms with Crippen LogP contribution < -0.4 is 5.32 Å². The number of benzene rings is 1. The quantitative estimate of drug-likeness (QED) is 0.788. The smallest absolute Gasteiger partial charge is 0.220 e. The predicted octanol–water partition coefficient (Wildman–Crippen LogP) is 2.66. The van der Waals surface area contributed by atoms with E-state index in [2.05, 4.69) is 5.32 Å². The highest BCUT2D eigenvalue weighted by Gasteiger charge is 2.08. The Morgan fingerprint density at radius 2 is 1.79 bits per heavy atom. The van der Waals surface area contributed by atoms with Crippen molar-refractivity contribution in [1.82, 2.24) is 5.32 Å². The summed E-state index contributed by atoms with van der Waals surface area (Å²) in [6, 6.07) is 5.26. The summed E-state index contributed by atoms with van der Waals surface area (Å²) in [6.45, 7) is 0.322. The van der Waals surface area contributed by atoms with Gasteiger partial charge < -0.3 is 14.8 Å². The van der Waals surface area contributed by atoms with E-state index in [4.69, 9.17) is 32.7 Å². The Balaban J connectivity index is 2.37. The third kappa shape index (κ3) is 6.25. The summed E-state index contributed by atoms with van der Waals surface area (Å²) < 4.78 is 9.94. The maximum atomic E-state index is 11.6. The zero-order valence-electron chi connectivity index (χ0n) is 10.9. The molecule has 0 heterocycles. The van der Waals surface area contributed by atoms with E-state index in [0.717, 1.165) is 5.56 Å². The average Bonchev–Trinajstić information content (AvgIpc) is 2.36. The monoisotopic (exact) mass is 305 g/mol. The van der Waals surface area contributed by atoms with E-state index >= 15 is 0 Å². The van der Waals surface area contributed by atoms with Gasteiger partial charge in [-0.25, -0.2) is 0 Å². The molecule has 1 N–H and O–H groups in total. The number of hydrogen-bond acceptors (Lipinski definition) is 3. The van der Waals surface area contributed by atoms with Gasteiger partial charge in [0.1, 0.15) is 0 Å². The molecular formula is C13H17Cl2NO3. The molecule has 0 spiro atoms. The molecule has 0 radical (unpaired) electrons. The maximum absolute atomic E-state index is 11.6. The second-order valence-electron chi connectivity index (χ2n) is 3.98. The number of ether oxygens (including phenoxy) is 2. The molecule has 0 unspecified atom stereocenters. The highest BCUT2D eigenvalue weighted by molar-refractivity contribution is 6.34. The first kappa shape index (κ1) is 16.2. The van der Waals surface area contributed by atoms with Gasteiger partial charge in [-0.2, -0.15) is 0 Å². The predicted molar refractivity (Wildman–Crippen MR) is 75.6 cm³/mol. The highest BCUT2D eigenvalue weighted by Crippen LogP contribution is 2.19. The van der Waals surface area contributed by atoms with E-state index in [1.165, 1.54) is 14.2 Å². The third-order valence-corrected chi connectivity index (χ3v) is 2.99. The van der Waals surface area contributed by atoms with Crippen LogP contribution >= 0.6 is 23.2 Å². The van der Waals surface area contributed by atoms with Crippen molar-refractivity contribution in [2.45, 2.75) is 19.1 Å². The standard InChI is InChI=1S/C13H17Cl2NO3/c1-18-13(19-2)8-16-12(17)4-3-9-5-10(14)7-11(15)6-9/h5-7,13H,3-4,8H2,1-2H3,(H,16,17). The summed E-state index contributed by atoms with van der Waals surface area (Å²) in [7, 11) is 3.04. The number of methoxy groups -OCH3 is 2. The van der Waals surface area contributed by atoms with Crippen molar-refractivity contribution in [3.05, 3.63) is 33.8 Å². The summed E-state index contributed by atoms with van der Waals surface area (Å²) in [5.74, 6) is -0.0739. The van der Waals surface area contributed by atoms with Gasteiger partial charge in [-0.1, -0.05) is 23.2 Å². The Labute approximate surface area is 123 Å². The second-order valence-corrected chi connectivity index (χ2v) is 4.86. The molecule has 0 saturated carbocycles. The molecule has 4 nitrogen and oxygen atoms in total. The number of nitrogens with one attached hydrogen (secondary N) is 1. The van der Waals surface area contributed by atoms with Crippen molar-refractivity contribution in [3.63, 3.8) is 0 Å². The molecule has 6 heteroatoms. The normalized spacial score (nSPS) is 10.8. The van der Waals surface area contributed by atoms with Gasteiger partial charge in [0.25, 0.3) is 0 Å². The minimum Gasteiger partial charge on any atom is -0.354 e. The first-order valence-corrected chi connectivity index (χ1v) is 6.58. The molecule has 106 valence electrons. The maximum Gasteiger partial charge on any atom is 0.220 e. The number of carbonyl (C=O) groups is 1. The fourth-order valence-electron chi connectivity index (χ4n) is 1.56. The number of halogens is 2. The number of rotatable bonds is 7. The van der Waals surface area contributed by atoms with Gasteiger partial charge in [0.05, 0.1) is 6.54 Å². The van der Waals surface area contributed by atoms with Gasteiger partial charge in [-0.05, 0) is 30.2 Å². The van der Waals surface area contributed by atoms with Gasteiger partial charge >= 0.3 is 0 Å². The lowest BCUT2D eigenvalue weighted by Gasteiger charge is -2.14. The van der Waals surface area contributed by atoms with Crippen LogP contribution in [-0.4, -0.2) is 33.0 Å². The van der Waals surface area contributed by atoms with Crippen LogP contribution in [0.5, 0.6) is 0 Å². The second kappa shape index (κ2) is 8.38. The molecule has 0 saturated heterocycles. The number of aryl methyl sites for hydroxylation is 1. The van der Waals surface area contributed by atoms with Crippen molar-refractivity contribution >= 4 is 29.1 Å². The molecule has 1 rings (SSSR count). The van der Waals surface area contributed by atoms with Crippen LogP contribution in [0, 0.1) is 0 Å². The minimum atomic E-state index is -0.426. The zero-order chi connectivity index (χ0) is 14.3. The van der Waals surface area contributed by atoms with Crippen LogP contribution in [0.25, 0.3) is 0 Å². The van der Waals surface area contributed by atoms with Crippen molar-refractivity contribution in [2.75, 3.05) is 20.8 Å². The van der Waals surface area contributed by atoms with E-state index in [1.54, 1.807) is 18.2 Å². The SMILES string of the molecule is COC(CNC(=O)CCc1cc(Cl)cc(Cl)c1)OC. The third-order valence-electron chi connectivity index (χ3n) is 2.55. The van der Waals surface area contributed by atoms with Crippen molar-refractivity contribution in [1.29, 1.82) is 0 Å². The highest BCUT2D eigenvalue weighted by atomic mass is 35.5. The molecule has 19 heavy (non-hydrogen) atoms. The van der Waals surface area contributed by atoms with Gasteiger partial charge in [0, 0.05) is 30.7 Å². The van der Waals surface area contributed by atoms with Crippen LogP contribution in [0.1, 0.15) is 12.0 Å². The summed E-state index contributed by atoms with van der Waals surface area (Å²) in [5, 5.41) is 3.87. The molecule has 0 aromatic heterocycles. The molecule has 1 amide bonds. The summed E-state index contributed by atoms with van der Waals surface area (Å²) in [4.78, 5) is 11.6. The first-order chi connectivity index (χ1) is 9.05. The Kier molecular flexibility index (Phi) is 7.16. The lowest BCUT2D eigenvalue weighted by atomic mass is 10.1. The van der Waals surface area contributed by atoms with Crippen molar-refractivity contribution < 1.29 is 14.3 Å². The first-order valence-electron chi connectivity index (χ1n) is 5.82. The van der Waals surface area contributed by atoms with Crippen LogP contribution in [0.2, 0.25) is 10.0 Å². The molecule has 1 aromatic carbocycles. The Bertz CT molecular complexity index is 402. The molecule has 0 aliphatic rings. The molecule has 0 aliphatic heterocycles. The zero-order valence-corrected chi connectivity index (χ0v) is 12.4. The van der Waals surface area contributed by atoms with Crippen LogP contribution in [0.4, 0.5) is 0 Å². The minimum absolute atomic E-state index is 0.0739. The van der Waals surface area contributed by atoms with Crippen LogP contribution in [0.3, 0.4) is 0 Å². The van der Waals surface area contributed by atoms with Crippen molar-refractivity contribution in [3.8, 4) is 0 Å². The van der Waals surface area contributed by atoms with E-state index in [1.807, 2.05) is 0 Å². The summed E-state index contributed by atoms with van der Waals surface area (Å²) in [6.07, 6.45) is 0.512. The molecule has 0 atom stereocenters. The summed E-state index contributed by atoms with van der Waals surface area (Å²) in [5.41, 5.74) is 0.933. The van der Waals surface area contributed by atoms with Gasteiger partial charge in [-0.15, -0.1) is 0 Å². The molecular weight excluding hydrogens is 289 g/mol. The lowest BCUT2D eigenvalue weighted by molar-refractivity contribution is -0.127. The van der Waals surface area contributed by atoms with E-state index in [9.17, 15) is 4.79 Å². The fraction of sp³-hybridized carbons (Fsp3) is 0.462. The van der Waals surface area contributed by atoms with Crippen molar-refractivity contribution in [2.24, 2.45) is 0 Å². The lowest BCUT2D eigenvalue weighted by Crippen LogP contribution is -2.34. The molecule has 0 bridgehead atoms. The van der Waals surface area contributed by atoms with Gasteiger partial charge in [-0.3, -0.25) is 4.79 Å².